The molecule has 1 aromatic heterocycles. The van der Waals surface area contributed by atoms with Crippen LogP contribution in [0, 0.1) is 18.3 Å². The molecule has 2 aromatic carbocycles. The molecule has 5 rings (SSSR count). The van der Waals surface area contributed by atoms with Crippen molar-refractivity contribution in [2.24, 2.45) is 7.05 Å². The number of hydrogen-bond donors (Lipinski definition) is 0. The van der Waals surface area contributed by atoms with E-state index in [4.69, 9.17) is 17.0 Å². The van der Waals surface area contributed by atoms with E-state index in [1.165, 1.54) is 16.3 Å². The molecule has 204 valence electrons. The van der Waals surface area contributed by atoms with E-state index in [2.05, 4.69) is 28.0 Å². The Morgan fingerprint density at radius 3 is 2.30 bits per heavy atom. The minimum absolute atomic E-state index is 0.0779. The van der Waals surface area contributed by atoms with Gasteiger partial charge in [0.15, 0.2) is 0 Å². The third-order valence-electron chi connectivity index (χ3n) is 7.32. The maximum absolute atomic E-state index is 13.5. The third-order valence-corrected chi connectivity index (χ3v) is 8.70. The summed E-state index contributed by atoms with van der Waals surface area (Å²) in [7, 11) is 3.30. The standard InChI is InChI=1S/C30H29N5O3S2/c1-20-24(17-26-29(37)35(30(39)40-26)19-21-9-11-23(38-3)12-10-21)27(32(2)28(36)25(20)18-31)34-15-13-33(14-16-34)22-7-5-4-6-8-22/h4-12,17H,13-16,19H2,1-3H3/b26-17+. The first-order valence-corrected chi connectivity index (χ1v) is 14.1. The number of ether oxygens (including phenoxy) is 1. The van der Waals surface area contributed by atoms with Gasteiger partial charge in [0.2, 0.25) is 0 Å². The summed E-state index contributed by atoms with van der Waals surface area (Å²) < 4.78 is 7.23. The van der Waals surface area contributed by atoms with Crippen LogP contribution in [0.15, 0.2) is 64.3 Å². The van der Waals surface area contributed by atoms with Gasteiger partial charge in [0.25, 0.3) is 11.5 Å². The van der Waals surface area contributed by atoms with E-state index in [0.29, 0.717) is 45.8 Å². The number of para-hydroxylation sites is 1. The van der Waals surface area contributed by atoms with Crippen LogP contribution in [-0.4, -0.2) is 53.0 Å². The van der Waals surface area contributed by atoms with E-state index in [0.717, 1.165) is 30.1 Å². The molecular weight excluding hydrogens is 542 g/mol. The van der Waals surface area contributed by atoms with Crippen molar-refractivity contribution in [3.63, 3.8) is 0 Å². The number of benzene rings is 2. The lowest BCUT2D eigenvalue weighted by atomic mass is 10.0. The number of aromatic nitrogens is 1. The highest BCUT2D eigenvalue weighted by Gasteiger charge is 2.33. The molecular formula is C30H29N5O3S2. The van der Waals surface area contributed by atoms with Crippen molar-refractivity contribution in [2.75, 3.05) is 43.1 Å². The zero-order valence-electron chi connectivity index (χ0n) is 22.6. The van der Waals surface area contributed by atoms with E-state index in [1.807, 2.05) is 42.5 Å². The molecule has 0 N–H and O–H groups in total. The maximum atomic E-state index is 13.5. The Morgan fingerprint density at radius 1 is 1.02 bits per heavy atom. The first kappa shape index (κ1) is 27.5. The highest BCUT2D eigenvalue weighted by molar-refractivity contribution is 8.26. The lowest BCUT2D eigenvalue weighted by Gasteiger charge is -2.38. The Bertz CT molecular complexity index is 1580. The number of rotatable bonds is 6. The predicted octanol–water partition coefficient (Wildman–Crippen LogP) is 4.30. The van der Waals surface area contributed by atoms with Crippen LogP contribution >= 0.6 is 24.0 Å². The van der Waals surface area contributed by atoms with Gasteiger partial charge >= 0.3 is 0 Å². The molecule has 0 atom stereocenters. The summed E-state index contributed by atoms with van der Waals surface area (Å²) in [6.07, 6.45) is 1.79. The Kier molecular flexibility index (Phi) is 7.96. The number of amides is 1. The van der Waals surface area contributed by atoms with Gasteiger partial charge in [-0.3, -0.25) is 19.1 Å². The molecule has 0 saturated carbocycles. The third kappa shape index (κ3) is 5.22. The topological polar surface area (TPSA) is 81.8 Å². The molecule has 3 aromatic rings. The normalized spacial score (nSPS) is 16.6. The maximum Gasteiger partial charge on any atom is 0.270 e. The Hall–Kier alpha value is -4.07. The second-order valence-electron chi connectivity index (χ2n) is 9.64. The van der Waals surface area contributed by atoms with Gasteiger partial charge in [-0.2, -0.15) is 5.26 Å². The van der Waals surface area contributed by atoms with Crippen molar-refractivity contribution < 1.29 is 9.53 Å². The largest absolute Gasteiger partial charge is 0.497 e. The van der Waals surface area contributed by atoms with E-state index in [9.17, 15) is 14.9 Å². The molecule has 40 heavy (non-hydrogen) atoms. The number of pyridine rings is 1. The second kappa shape index (κ2) is 11.6. The van der Waals surface area contributed by atoms with Crippen molar-refractivity contribution >= 4 is 51.8 Å². The van der Waals surface area contributed by atoms with E-state index >= 15 is 0 Å². The van der Waals surface area contributed by atoms with Crippen molar-refractivity contribution in [3.8, 4) is 11.8 Å². The molecule has 1 amide bonds. The number of hydrogen-bond acceptors (Lipinski definition) is 8. The van der Waals surface area contributed by atoms with E-state index in [-0.39, 0.29) is 17.0 Å². The van der Waals surface area contributed by atoms with Crippen LogP contribution in [0.5, 0.6) is 5.75 Å². The van der Waals surface area contributed by atoms with Gasteiger partial charge in [0, 0.05) is 44.5 Å². The summed E-state index contributed by atoms with van der Waals surface area (Å²) in [6, 6.07) is 19.8. The molecule has 0 unspecified atom stereocenters. The minimum atomic E-state index is -0.343. The number of thioether (sulfide) groups is 1. The van der Waals surface area contributed by atoms with Crippen molar-refractivity contribution in [2.45, 2.75) is 13.5 Å². The lowest BCUT2D eigenvalue weighted by Crippen LogP contribution is -2.48. The summed E-state index contributed by atoms with van der Waals surface area (Å²) in [5, 5.41) is 9.79. The van der Waals surface area contributed by atoms with Crippen LogP contribution < -0.4 is 20.1 Å². The molecule has 2 aliphatic rings. The summed E-state index contributed by atoms with van der Waals surface area (Å²) in [4.78, 5) is 33.2. The molecule has 10 heteroatoms. The van der Waals surface area contributed by atoms with Gasteiger partial charge in [-0.1, -0.05) is 54.3 Å². The average molecular weight is 572 g/mol. The van der Waals surface area contributed by atoms with Gasteiger partial charge in [-0.05, 0) is 48.4 Å². The number of nitriles is 1. The fraction of sp³-hybridized carbons (Fsp3) is 0.267. The van der Waals surface area contributed by atoms with Crippen LogP contribution in [0.2, 0.25) is 0 Å². The molecule has 0 spiro atoms. The molecule has 8 nitrogen and oxygen atoms in total. The molecule has 2 fully saturated rings. The fourth-order valence-corrected chi connectivity index (χ4v) is 6.33. The number of carbonyl (C=O) groups excluding carboxylic acids is 1. The Labute approximate surface area is 243 Å². The zero-order chi connectivity index (χ0) is 28.4. The van der Waals surface area contributed by atoms with Crippen molar-refractivity contribution in [3.05, 3.63) is 92.1 Å². The number of methoxy groups -OCH3 is 1. The van der Waals surface area contributed by atoms with Crippen LogP contribution in [0.3, 0.4) is 0 Å². The summed E-state index contributed by atoms with van der Waals surface area (Å²) in [6.45, 7) is 5.05. The van der Waals surface area contributed by atoms with Crippen LogP contribution in [0.1, 0.15) is 22.3 Å². The van der Waals surface area contributed by atoms with Gasteiger partial charge < -0.3 is 14.5 Å². The molecule has 2 saturated heterocycles. The monoisotopic (exact) mass is 571 g/mol. The van der Waals surface area contributed by atoms with E-state index in [1.54, 1.807) is 32.1 Å². The smallest absolute Gasteiger partial charge is 0.270 e. The molecule has 2 aliphatic heterocycles. The number of carbonyl (C=O) groups is 1. The van der Waals surface area contributed by atoms with Crippen LogP contribution in [0.25, 0.3) is 6.08 Å². The van der Waals surface area contributed by atoms with Gasteiger partial charge in [0.05, 0.1) is 18.6 Å². The average Bonchev–Trinajstić information content (AvgIpc) is 3.24. The summed E-state index contributed by atoms with van der Waals surface area (Å²) in [5.41, 5.74) is 3.08. The highest BCUT2D eigenvalue weighted by Crippen LogP contribution is 2.37. The SMILES string of the molecule is COc1ccc(CN2C(=O)/C(=C\c3c(C)c(C#N)c(=O)n(C)c3N3CCN(c4ccccc4)CC3)SC2=S)cc1. The molecule has 0 radical (unpaired) electrons. The van der Waals surface area contributed by atoms with Gasteiger partial charge in [-0.15, -0.1) is 0 Å². The first-order chi connectivity index (χ1) is 19.3. The highest BCUT2D eigenvalue weighted by atomic mass is 32.2. The van der Waals surface area contributed by atoms with Gasteiger partial charge in [0.1, 0.15) is 27.5 Å². The first-order valence-electron chi connectivity index (χ1n) is 12.9. The van der Waals surface area contributed by atoms with E-state index < -0.39 is 0 Å². The number of anilines is 2. The van der Waals surface area contributed by atoms with Crippen LogP contribution in [0.4, 0.5) is 11.5 Å². The van der Waals surface area contributed by atoms with Crippen molar-refractivity contribution in [1.82, 2.24) is 9.47 Å². The van der Waals surface area contributed by atoms with Crippen LogP contribution in [-0.2, 0) is 18.4 Å². The lowest BCUT2D eigenvalue weighted by molar-refractivity contribution is -0.122. The zero-order valence-corrected chi connectivity index (χ0v) is 24.2. The number of piperazine rings is 1. The minimum Gasteiger partial charge on any atom is -0.497 e. The summed E-state index contributed by atoms with van der Waals surface area (Å²) in [5.74, 6) is 1.25. The van der Waals surface area contributed by atoms with Gasteiger partial charge in [-0.25, -0.2) is 0 Å². The number of nitrogens with zero attached hydrogens (tertiary/aromatic N) is 5. The Morgan fingerprint density at radius 2 is 1.68 bits per heavy atom. The number of thiocarbonyl (C=S) groups is 1. The summed E-state index contributed by atoms with van der Waals surface area (Å²) >= 11 is 6.82. The van der Waals surface area contributed by atoms with Crippen molar-refractivity contribution in [1.29, 1.82) is 5.26 Å². The second-order valence-corrected chi connectivity index (χ2v) is 11.3. The molecule has 0 aliphatic carbocycles. The molecule has 0 bridgehead atoms. The predicted molar refractivity (Wildman–Crippen MR) is 164 cm³/mol. The quantitative estimate of drug-likeness (QED) is 0.320. The Balaban J connectivity index is 1.47. The fourth-order valence-electron chi connectivity index (χ4n) is 5.09. The molecule has 3 heterocycles.